The number of unbranched alkanes of at least 4 members (excludes halogenated alkanes) is 7. The summed E-state index contributed by atoms with van der Waals surface area (Å²) in [5, 5.41) is 0. The molecular formula is C19H39N. The zero-order chi connectivity index (χ0) is 14.8. The minimum Gasteiger partial charge on any atom is -0.327 e. The molecule has 3 atom stereocenters. The molecule has 0 amide bonds. The normalized spacial score (nSPS) is 27.1. The van der Waals surface area contributed by atoms with E-state index in [1.165, 1.54) is 77.0 Å². The first-order valence-electron chi connectivity index (χ1n) is 9.40. The Morgan fingerprint density at radius 1 is 0.900 bits per heavy atom. The van der Waals surface area contributed by atoms with Crippen LogP contribution in [0.1, 0.15) is 97.8 Å². The highest BCUT2D eigenvalue weighted by Crippen LogP contribution is 2.35. The number of hydrogen-bond donors (Lipinski definition) is 1. The van der Waals surface area contributed by atoms with Gasteiger partial charge >= 0.3 is 0 Å². The Balaban J connectivity index is 2.05. The van der Waals surface area contributed by atoms with Crippen LogP contribution in [0, 0.1) is 17.8 Å². The molecule has 2 N–H and O–H groups in total. The largest absolute Gasteiger partial charge is 0.327 e. The molecule has 0 spiro atoms. The van der Waals surface area contributed by atoms with Gasteiger partial charge < -0.3 is 5.73 Å². The fraction of sp³-hybridized carbons (Fsp3) is 1.00. The zero-order valence-electron chi connectivity index (χ0n) is 14.4. The number of rotatable bonds is 10. The van der Waals surface area contributed by atoms with E-state index in [1.54, 1.807) is 0 Å². The summed E-state index contributed by atoms with van der Waals surface area (Å²) < 4.78 is 0. The molecule has 0 aromatic rings. The molecule has 120 valence electrons. The molecule has 0 saturated heterocycles. The van der Waals surface area contributed by atoms with Crippen molar-refractivity contribution in [3.8, 4) is 0 Å². The van der Waals surface area contributed by atoms with Crippen molar-refractivity contribution >= 4 is 0 Å². The lowest BCUT2D eigenvalue weighted by molar-refractivity contribution is 0.179. The van der Waals surface area contributed by atoms with E-state index in [-0.39, 0.29) is 0 Å². The molecule has 0 bridgehead atoms. The van der Waals surface area contributed by atoms with Gasteiger partial charge in [-0.15, -0.1) is 0 Å². The first kappa shape index (κ1) is 18.0. The van der Waals surface area contributed by atoms with Gasteiger partial charge in [-0.05, 0) is 43.4 Å². The Hall–Kier alpha value is -0.0400. The second-order valence-electron chi connectivity index (χ2n) is 7.50. The minimum atomic E-state index is 0.495. The third kappa shape index (κ3) is 7.11. The van der Waals surface area contributed by atoms with Gasteiger partial charge in [0.15, 0.2) is 0 Å². The summed E-state index contributed by atoms with van der Waals surface area (Å²) in [6.45, 7) is 7.06. The maximum Gasteiger partial charge on any atom is 0.00673 e. The Labute approximate surface area is 128 Å². The Morgan fingerprint density at radius 3 is 2.10 bits per heavy atom. The van der Waals surface area contributed by atoms with Crippen LogP contribution in [0.2, 0.25) is 0 Å². The Bertz CT molecular complexity index is 224. The molecule has 1 fully saturated rings. The standard InChI is InChI=1S/C19H39N/c1-4-5-6-7-8-9-10-11-12-18-15-17(16(2)3)13-14-19(18)20/h16-19H,4-15,20H2,1-3H3. The summed E-state index contributed by atoms with van der Waals surface area (Å²) in [5.74, 6) is 2.61. The fourth-order valence-electron chi connectivity index (χ4n) is 3.80. The SMILES string of the molecule is CCCCCCCCCCC1CC(C(C)C)CCC1N. The van der Waals surface area contributed by atoms with Gasteiger partial charge in [0.05, 0.1) is 0 Å². The van der Waals surface area contributed by atoms with E-state index in [0.29, 0.717) is 6.04 Å². The highest BCUT2D eigenvalue weighted by molar-refractivity contribution is 4.83. The zero-order valence-corrected chi connectivity index (χ0v) is 14.4. The van der Waals surface area contributed by atoms with E-state index in [1.807, 2.05) is 0 Å². The van der Waals surface area contributed by atoms with Crippen molar-refractivity contribution in [1.82, 2.24) is 0 Å². The van der Waals surface area contributed by atoms with Gasteiger partial charge in [-0.2, -0.15) is 0 Å². The van der Waals surface area contributed by atoms with E-state index in [2.05, 4.69) is 20.8 Å². The van der Waals surface area contributed by atoms with Crippen LogP contribution in [-0.4, -0.2) is 6.04 Å². The quantitative estimate of drug-likeness (QED) is 0.494. The second kappa shape index (κ2) is 10.7. The molecule has 0 heterocycles. The highest BCUT2D eigenvalue weighted by Gasteiger charge is 2.28. The van der Waals surface area contributed by atoms with Crippen molar-refractivity contribution in [1.29, 1.82) is 0 Å². The summed E-state index contributed by atoms with van der Waals surface area (Å²) in [6.07, 6.45) is 16.8. The molecule has 20 heavy (non-hydrogen) atoms. The summed E-state index contributed by atoms with van der Waals surface area (Å²) in [7, 11) is 0. The lowest BCUT2D eigenvalue weighted by Gasteiger charge is -2.36. The minimum absolute atomic E-state index is 0.495. The molecule has 0 aliphatic heterocycles. The van der Waals surface area contributed by atoms with Crippen LogP contribution in [0.4, 0.5) is 0 Å². The van der Waals surface area contributed by atoms with E-state index >= 15 is 0 Å². The first-order chi connectivity index (χ1) is 9.65. The van der Waals surface area contributed by atoms with Crippen LogP contribution in [0.5, 0.6) is 0 Å². The predicted octanol–water partition coefficient (Wildman–Crippen LogP) is 5.92. The second-order valence-corrected chi connectivity index (χ2v) is 7.50. The third-order valence-electron chi connectivity index (χ3n) is 5.45. The van der Waals surface area contributed by atoms with Crippen molar-refractivity contribution in [3.05, 3.63) is 0 Å². The van der Waals surface area contributed by atoms with Gasteiger partial charge in [0.1, 0.15) is 0 Å². The molecule has 0 aromatic heterocycles. The van der Waals surface area contributed by atoms with Crippen LogP contribution in [0.15, 0.2) is 0 Å². The number of nitrogens with two attached hydrogens (primary N) is 1. The van der Waals surface area contributed by atoms with Gasteiger partial charge in [-0.25, -0.2) is 0 Å². The van der Waals surface area contributed by atoms with Gasteiger partial charge in [0.2, 0.25) is 0 Å². The van der Waals surface area contributed by atoms with Gasteiger partial charge in [0.25, 0.3) is 0 Å². The summed E-state index contributed by atoms with van der Waals surface area (Å²) in [4.78, 5) is 0. The average molecular weight is 282 g/mol. The van der Waals surface area contributed by atoms with Gasteiger partial charge in [-0.1, -0.05) is 72.1 Å². The summed E-state index contributed by atoms with van der Waals surface area (Å²) in [6, 6.07) is 0.495. The maximum absolute atomic E-state index is 6.34. The molecule has 1 aliphatic rings. The van der Waals surface area contributed by atoms with Crippen LogP contribution in [0.25, 0.3) is 0 Å². The van der Waals surface area contributed by atoms with Crippen molar-refractivity contribution in [2.45, 2.75) is 104 Å². The highest BCUT2D eigenvalue weighted by atomic mass is 14.7. The average Bonchev–Trinajstić information content (AvgIpc) is 2.43. The topological polar surface area (TPSA) is 26.0 Å². The van der Waals surface area contributed by atoms with Crippen LogP contribution in [0.3, 0.4) is 0 Å². The molecule has 3 unspecified atom stereocenters. The summed E-state index contributed by atoms with van der Waals surface area (Å²) >= 11 is 0. The molecule has 0 radical (unpaired) electrons. The van der Waals surface area contributed by atoms with E-state index in [9.17, 15) is 0 Å². The van der Waals surface area contributed by atoms with Crippen LogP contribution in [-0.2, 0) is 0 Å². The van der Waals surface area contributed by atoms with Crippen molar-refractivity contribution in [3.63, 3.8) is 0 Å². The van der Waals surface area contributed by atoms with Crippen molar-refractivity contribution in [2.75, 3.05) is 0 Å². The molecule has 1 rings (SSSR count). The first-order valence-corrected chi connectivity index (χ1v) is 9.40. The molecular weight excluding hydrogens is 242 g/mol. The van der Waals surface area contributed by atoms with Crippen LogP contribution < -0.4 is 5.73 Å². The maximum atomic E-state index is 6.34. The van der Waals surface area contributed by atoms with Crippen molar-refractivity contribution < 1.29 is 0 Å². The predicted molar refractivity (Wildman–Crippen MR) is 90.9 cm³/mol. The third-order valence-corrected chi connectivity index (χ3v) is 5.45. The molecule has 0 aromatic carbocycles. The van der Waals surface area contributed by atoms with Crippen molar-refractivity contribution in [2.24, 2.45) is 23.5 Å². The fourth-order valence-corrected chi connectivity index (χ4v) is 3.80. The van der Waals surface area contributed by atoms with E-state index in [4.69, 9.17) is 5.73 Å². The molecule has 1 nitrogen and oxygen atoms in total. The summed E-state index contributed by atoms with van der Waals surface area (Å²) in [5.41, 5.74) is 6.34. The number of hydrogen-bond acceptors (Lipinski definition) is 1. The monoisotopic (exact) mass is 281 g/mol. The van der Waals surface area contributed by atoms with Crippen LogP contribution >= 0.6 is 0 Å². The molecule has 1 saturated carbocycles. The Kier molecular flexibility index (Phi) is 9.59. The van der Waals surface area contributed by atoms with E-state index < -0.39 is 0 Å². The smallest absolute Gasteiger partial charge is 0.00673 e. The Morgan fingerprint density at radius 2 is 1.50 bits per heavy atom. The lowest BCUT2D eigenvalue weighted by atomic mass is 9.72. The lowest BCUT2D eigenvalue weighted by Crippen LogP contribution is -2.37. The molecule has 1 heteroatoms. The molecule has 1 aliphatic carbocycles. The van der Waals surface area contributed by atoms with E-state index in [0.717, 1.165) is 17.8 Å². The van der Waals surface area contributed by atoms with Gasteiger partial charge in [-0.3, -0.25) is 0 Å². The van der Waals surface area contributed by atoms with Gasteiger partial charge in [0, 0.05) is 6.04 Å².